The lowest BCUT2D eigenvalue weighted by atomic mass is 9.48. The second kappa shape index (κ2) is 10.2. The first kappa shape index (κ1) is 26.2. The highest BCUT2D eigenvalue weighted by Gasteiger charge is 2.53. The Labute approximate surface area is 227 Å². The average molecular weight is 555 g/mol. The fraction of sp³-hybridized carbons (Fsp3) is 0.536. The maximum absolute atomic E-state index is 13.4. The maximum atomic E-state index is 13.4. The lowest BCUT2D eigenvalue weighted by Crippen LogP contribution is -2.56. The number of anilines is 1. The molecule has 4 aliphatic carbocycles. The summed E-state index contributed by atoms with van der Waals surface area (Å²) in [6.07, 6.45) is 5.80. The van der Waals surface area contributed by atoms with Gasteiger partial charge in [-0.15, -0.1) is 0 Å². The molecule has 6 unspecified atom stereocenters. The molecule has 0 spiro atoms. The van der Waals surface area contributed by atoms with E-state index in [4.69, 9.17) is 10.5 Å². The topological polar surface area (TPSA) is 154 Å². The zero-order chi connectivity index (χ0) is 27.3. The highest BCUT2D eigenvalue weighted by Crippen LogP contribution is 2.59. The quantitative estimate of drug-likeness (QED) is 0.345. The van der Waals surface area contributed by atoms with E-state index in [2.05, 4.69) is 10.0 Å². The fourth-order valence-electron chi connectivity index (χ4n) is 7.69. The Hall–Kier alpha value is -3.02. The Bertz CT molecular complexity index is 1390. The van der Waals surface area contributed by atoms with Crippen molar-refractivity contribution in [2.45, 2.75) is 61.4 Å². The first-order valence-corrected chi connectivity index (χ1v) is 15.2. The minimum Gasteiger partial charge on any atom is -0.381 e. The molecule has 4 saturated carbocycles. The molecule has 2 aromatic rings. The van der Waals surface area contributed by atoms with Crippen molar-refractivity contribution in [1.82, 2.24) is 4.72 Å². The van der Waals surface area contributed by atoms with E-state index < -0.39 is 20.9 Å². The number of sulfonamides is 1. The van der Waals surface area contributed by atoms with Gasteiger partial charge in [0.2, 0.25) is 0 Å². The van der Waals surface area contributed by atoms with E-state index in [0.29, 0.717) is 49.4 Å². The SMILES string of the molecule is NC1C2CC3CC(C2)C(c2ccccc2C(=O)NS(=O)(=O)c2ccc(NC4CCOCC4)c([N+](=O)[O-])c2)C1C3. The van der Waals surface area contributed by atoms with Crippen molar-refractivity contribution < 1.29 is 22.9 Å². The Kier molecular flexibility index (Phi) is 6.84. The molecule has 6 atom stereocenters. The molecule has 0 radical (unpaired) electrons. The first-order valence-electron chi connectivity index (χ1n) is 13.8. The Balaban J connectivity index is 1.25. The predicted molar refractivity (Wildman–Crippen MR) is 145 cm³/mol. The Morgan fingerprint density at radius 2 is 1.77 bits per heavy atom. The number of nitrogens with one attached hydrogen (secondary N) is 2. The zero-order valence-corrected chi connectivity index (χ0v) is 22.4. The van der Waals surface area contributed by atoms with Crippen molar-refractivity contribution in [2.75, 3.05) is 18.5 Å². The van der Waals surface area contributed by atoms with Crippen molar-refractivity contribution in [1.29, 1.82) is 0 Å². The highest BCUT2D eigenvalue weighted by molar-refractivity contribution is 7.90. The summed E-state index contributed by atoms with van der Waals surface area (Å²) in [6, 6.07) is 10.9. The van der Waals surface area contributed by atoms with Gasteiger partial charge in [0, 0.05) is 36.9 Å². The fourth-order valence-corrected chi connectivity index (χ4v) is 8.68. The normalized spacial score (nSPS) is 30.2. The van der Waals surface area contributed by atoms with Gasteiger partial charge in [0.15, 0.2) is 0 Å². The van der Waals surface area contributed by atoms with Gasteiger partial charge in [-0.25, -0.2) is 13.1 Å². The van der Waals surface area contributed by atoms with Gasteiger partial charge in [0.25, 0.3) is 21.6 Å². The third-order valence-electron chi connectivity index (χ3n) is 9.34. The first-order chi connectivity index (χ1) is 18.7. The third kappa shape index (κ3) is 4.92. The highest BCUT2D eigenvalue weighted by atomic mass is 32.2. The molecule has 5 aliphatic rings. The van der Waals surface area contributed by atoms with Crippen LogP contribution >= 0.6 is 0 Å². The van der Waals surface area contributed by atoms with Gasteiger partial charge in [-0.3, -0.25) is 14.9 Å². The van der Waals surface area contributed by atoms with E-state index >= 15 is 0 Å². The summed E-state index contributed by atoms with van der Waals surface area (Å²) in [7, 11) is -4.37. The summed E-state index contributed by atoms with van der Waals surface area (Å²) in [5.41, 5.74) is 7.68. The van der Waals surface area contributed by atoms with Crippen LogP contribution in [0.25, 0.3) is 0 Å². The standard InChI is InChI=1S/C28H34N4O6S/c29-27-18-12-16-11-17(14-18)26(23(27)13-16)21-3-1-2-4-22(21)28(33)31-39(36,37)20-5-6-24(25(15-20)32(34)35)30-19-7-9-38-10-8-19/h1-6,15-19,23,26-27,30H,7-14,29H2,(H,31,33). The molecule has 1 aliphatic heterocycles. The Morgan fingerprint density at radius 1 is 1.03 bits per heavy atom. The molecule has 4 bridgehead atoms. The molecule has 1 heterocycles. The molecular formula is C28H34N4O6S. The maximum Gasteiger partial charge on any atom is 0.293 e. The van der Waals surface area contributed by atoms with Gasteiger partial charge in [-0.1, -0.05) is 18.2 Å². The van der Waals surface area contributed by atoms with Crippen molar-refractivity contribution in [3.8, 4) is 0 Å². The summed E-state index contributed by atoms with van der Waals surface area (Å²) >= 11 is 0. The van der Waals surface area contributed by atoms with E-state index in [0.717, 1.165) is 30.9 Å². The van der Waals surface area contributed by atoms with E-state index in [-0.39, 0.29) is 40.2 Å². The van der Waals surface area contributed by atoms with E-state index in [1.807, 2.05) is 12.1 Å². The van der Waals surface area contributed by atoms with Gasteiger partial charge in [-0.05, 0) is 91.9 Å². The van der Waals surface area contributed by atoms with Crippen LogP contribution in [0.5, 0.6) is 0 Å². The van der Waals surface area contributed by atoms with Gasteiger partial charge >= 0.3 is 0 Å². The summed E-state index contributed by atoms with van der Waals surface area (Å²) in [5.74, 6) is 1.33. The number of hydrogen-bond donors (Lipinski definition) is 3. The molecule has 1 saturated heterocycles. The van der Waals surface area contributed by atoms with E-state index in [9.17, 15) is 23.3 Å². The van der Waals surface area contributed by atoms with Crippen LogP contribution in [0.15, 0.2) is 47.4 Å². The number of amides is 1. The summed E-state index contributed by atoms with van der Waals surface area (Å²) in [5, 5.41) is 14.9. The van der Waals surface area contributed by atoms with Crippen molar-refractivity contribution in [2.24, 2.45) is 29.4 Å². The molecule has 208 valence electrons. The number of nitro groups is 1. The van der Waals surface area contributed by atoms with Gasteiger partial charge in [-0.2, -0.15) is 0 Å². The van der Waals surface area contributed by atoms with Crippen LogP contribution in [0.1, 0.15) is 60.4 Å². The number of nitrogens with zero attached hydrogens (tertiary/aromatic N) is 1. The van der Waals surface area contributed by atoms with Gasteiger partial charge in [0.1, 0.15) is 5.69 Å². The number of nitro benzene ring substituents is 1. The third-order valence-corrected chi connectivity index (χ3v) is 10.7. The Morgan fingerprint density at radius 3 is 2.54 bits per heavy atom. The van der Waals surface area contributed by atoms with Crippen LogP contribution in [0.2, 0.25) is 0 Å². The molecule has 5 fully saturated rings. The van der Waals surface area contributed by atoms with Gasteiger partial charge in [0.05, 0.1) is 9.82 Å². The van der Waals surface area contributed by atoms with Crippen LogP contribution in [-0.4, -0.2) is 44.5 Å². The largest absolute Gasteiger partial charge is 0.381 e. The smallest absolute Gasteiger partial charge is 0.293 e. The lowest BCUT2D eigenvalue weighted by molar-refractivity contribution is -0.384. The number of ether oxygens (including phenoxy) is 1. The monoisotopic (exact) mass is 554 g/mol. The number of nitrogens with two attached hydrogens (primary N) is 1. The summed E-state index contributed by atoms with van der Waals surface area (Å²) in [6.45, 7) is 1.11. The van der Waals surface area contributed by atoms with E-state index in [1.54, 1.807) is 12.1 Å². The zero-order valence-electron chi connectivity index (χ0n) is 21.6. The molecule has 2 aromatic carbocycles. The number of carbonyl (C=O) groups excluding carboxylic acids is 1. The van der Waals surface area contributed by atoms with Crippen LogP contribution in [0.4, 0.5) is 11.4 Å². The predicted octanol–water partition coefficient (Wildman–Crippen LogP) is 3.78. The van der Waals surface area contributed by atoms with Crippen molar-refractivity contribution in [3.05, 3.63) is 63.7 Å². The molecule has 0 aromatic heterocycles. The molecular weight excluding hydrogens is 520 g/mol. The molecule has 7 rings (SSSR count). The number of hydrogen-bond acceptors (Lipinski definition) is 8. The van der Waals surface area contributed by atoms with Crippen LogP contribution in [0, 0.1) is 33.8 Å². The van der Waals surface area contributed by atoms with Crippen LogP contribution in [-0.2, 0) is 14.8 Å². The summed E-state index contributed by atoms with van der Waals surface area (Å²) < 4.78 is 34.0. The van der Waals surface area contributed by atoms with Gasteiger partial charge < -0.3 is 15.8 Å². The molecule has 39 heavy (non-hydrogen) atoms. The minimum atomic E-state index is -4.37. The number of carbonyl (C=O) groups is 1. The molecule has 4 N–H and O–H groups in total. The number of rotatable bonds is 7. The molecule has 11 heteroatoms. The molecule has 1 amide bonds. The minimum absolute atomic E-state index is 0.00518. The van der Waals surface area contributed by atoms with Crippen molar-refractivity contribution in [3.63, 3.8) is 0 Å². The second-order valence-electron chi connectivity index (χ2n) is 11.6. The molecule has 10 nitrogen and oxygen atoms in total. The van der Waals surface area contributed by atoms with E-state index in [1.165, 1.54) is 18.6 Å². The van der Waals surface area contributed by atoms with Crippen LogP contribution < -0.4 is 15.8 Å². The second-order valence-corrected chi connectivity index (χ2v) is 13.3. The lowest BCUT2D eigenvalue weighted by Gasteiger charge is -2.57. The average Bonchev–Trinajstić information content (AvgIpc) is 2.91. The van der Waals surface area contributed by atoms with Crippen molar-refractivity contribution >= 4 is 27.3 Å². The summed E-state index contributed by atoms with van der Waals surface area (Å²) in [4.78, 5) is 24.3. The number of benzene rings is 2. The van der Waals surface area contributed by atoms with Crippen LogP contribution in [0.3, 0.4) is 0 Å².